The van der Waals surface area contributed by atoms with Crippen LogP contribution in [0.3, 0.4) is 0 Å². The lowest BCUT2D eigenvalue weighted by Crippen LogP contribution is -2.36. The van der Waals surface area contributed by atoms with Crippen molar-refractivity contribution < 1.29 is 14.2 Å². The summed E-state index contributed by atoms with van der Waals surface area (Å²) in [6.07, 6.45) is 3.21. The molecule has 25 heavy (non-hydrogen) atoms. The number of hydrogen-bond donors (Lipinski definition) is 1. The van der Waals surface area contributed by atoms with E-state index >= 15 is 0 Å². The molecule has 0 aliphatic rings. The number of ether oxygens (including phenoxy) is 1. The zero-order valence-electron chi connectivity index (χ0n) is 14.7. The van der Waals surface area contributed by atoms with Crippen LogP contribution in [0.25, 0.3) is 17.0 Å². The maximum absolute atomic E-state index is 12.2. The van der Waals surface area contributed by atoms with Gasteiger partial charge in [0.1, 0.15) is 17.4 Å². The molecule has 0 saturated carbocycles. The summed E-state index contributed by atoms with van der Waals surface area (Å²) in [6.45, 7) is 2.07. The molecule has 0 spiro atoms. The van der Waals surface area contributed by atoms with Crippen LogP contribution >= 0.6 is 0 Å². The number of aromatic nitrogens is 4. The van der Waals surface area contributed by atoms with E-state index in [1.165, 1.54) is 0 Å². The van der Waals surface area contributed by atoms with E-state index in [9.17, 15) is 4.79 Å². The van der Waals surface area contributed by atoms with Gasteiger partial charge in [0.25, 0.3) is 5.82 Å². The highest BCUT2D eigenvalue weighted by Crippen LogP contribution is 2.19. The summed E-state index contributed by atoms with van der Waals surface area (Å²) < 4.78 is 8.74. The predicted molar refractivity (Wildman–Crippen MR) is 94.4 cm³/mol. The Kier molecular flexibility index (Phi) is 4.51. The van der Waals surface area contributed by atoms with Gasteiger partial charge in [-0.15, -0.1) is 14.7 Å². The number of rotatable bonds is 5. The number of aliphatic imine (C=N–C) groups is 1. The second-order valence-corrected chi connectivity index (χ2v) is 5.73. The summed E-state index contributed by atoms with van der Waals surface area (Å²) in [6, 6.07) is 7.83. The second-order valence-electron chi connectivity index (χ2n) is 5.73. The Morgan fingerprint density at radius 2 is 2.20 bits per heavy atom. The first-order valence-electron chi connectivity index (χ1n) is 7.96. The predicted octanol–water partition coefficient (Wildman–Crippen LogP) is 1.58. The lowest BCUT2D eigenvalue weighted by atomic mass is 10.3. The monoisotopic (exact) mass is 341 g/mol. The number of nitrogens with zero attached hydrogens (tertiary/aromatic N) is 5. The van der Waals surface area contributed by atoms with E-state index < -0.39 is 5.97 Å². The molecule has 3 rings (SSSR count). The van der Waals surface area contributed by atoms with Gasteiger partial charge in [-0.2, -0.15) is 0 Å². The maximum atomic E-state index is 12.2. The smallest absolute Gasteiger partial charge is 0.377 e. The van der Waals surface area contributed by atoms with Crippen LogP contribution in [0, 0.1) is 0 Å². The number of benzene rings is 1. The fourth-order valence-electron chi connectivity index (χ4n) is 2.52. The minimum atomic E-state index is -0.429. The lowest BCUT2D eigenvalue weighted by Gasteiger charge is -2.02. The molecule has 0 saturated heterocycles. The van der Waals surface area contributed by atoms with Crippen LogP contribution in [0.1, 0.15) is 17.3 Å². The van der Waals surface area contributed by atoms with E-state index in [2.05, 4.69) is 15.1 Å². The molecule has 8 heteroatoms. The quantitative estimate of drug-likeness (QED) is 0.331. The van der Waals surface area contributed by atoms with E-state index in [1.54, 1.807) is 29.0 Å². The Morgan fingerprint density at radius 1 is 1.44 bits per heavy atom. The average Bonchev–Trinajstić information content (AvgIpc) is 3.14. The highest BCUT2D eigenvalue weighted by molar-refractivity contribution is 5.93. The summed E-state index contributed by atoms with van der Waals surface area (Å²) in [5.74, 6) is 0.635. The second kappa shape index (κ2) is 6.76. The number of aryl methyl sites for hydroxylation is 1. The minimum absolute atomic E-state index is 0.299. The van der Waals surface area contributed by atoms with Crippen LogP contribution < -0.4 is 4.68 Å². The van der Waals surface area contributed by atoms with Crippen LogP contribution in [-0.4, -0.2) is 52.6 Å². The molecule has 3 aromatic rings. The van der Waals surface area contributed by atoms with Gasteiger partial charge >= 0.3 is 11.9 Å². The van der Waals surface area contributed by atoms with Gasteiger partial charge in [-0.1, -0.05) is 12.1 Å². The van der Waals surface area contributed by atoms with Gasteiger partial charge in [0, 0.05) is 27.3 Å². The van der Waals surface area contributed by atoms with E-state index in [-0.39, 0.29) is 0 Å². The Hall–Kier alpha value is -3.16. The fraction of sp³-hybridized carbons (Fsp3) is 0.294. The summed E-state index contributed by atoms with van der Waals surface area (Å²) in [7, 11) is 5.64. The number of imidazole rings is 1. The zero-order valence-corrected chi connectivity index (χ0v) is 14.7. The van der Waals surface area contributed by atoms with E-state index in [0.29, 0.717) is 23.9 Å². The Morgan fingerprint density at radius 3 is 2.88 bits per heavy atom. The molecular weight excluding hydrogens is 320 g/mol. The van der Waals surface area contributed by atoms with Gasteiger partial charge in [0.15, 0.2) is 5.52 Å². The topological polar surface area (TPSA) is 79.4 Å². The van der Waals surface area contributed by atoms with Crippen LogP contribution in [0.15, 0.2) is 35.5 Å². The SMILES string of the molecule is CCOC(=O)c1c[nH][n+](-c2nc3ccccc3n2C)c1N=CN(C)C. The molecule has 0 bridgehead atoms. The van der Waals surface area contributed by atoms with Crippen molar-refractivity contribution in [2.45, 2.75) is 6.92 Å². The molecule has 0 atom stereocenters. The summed E-state index contributed by atoms with van der Waals surface area (Å²) in [5.41, 5.74) is 2.20. The number of nitrogens with one attached hydrogen (secondary N) is 1. The Balaban J connectivity index is 2.17. The van der Waals surface area contributed by atoms with Crippen molar-refractivity contribution in [3.8, 4) is 5.95 Å². The molecule has 2 heterocycles. The van der Waals surface area contributed by atoms with Crippen molar-refractivity contribution in [1.29, 1.82) is 0 Å². The largest absolute Gasteiger partial charge is 0.462 e. The molecule has 1 aromatic carbocycles. The van der Waals surface area contributed by atoms with E-state index in [1.807, 2.05) is 50.0 Å². The molecule has 0 amide bonds. The van der Waals surface area contributed by atoms with Gasteiger partial charge in [0.2, 0.25) is 0 Å². The Bertz CT molecular complexity index is 938. The normalized spacial score (nSPS) is 11.4. The van der Waals surface area contributed by atoms with Crippen molar-refractivity contribution in [2.24, 2.45) is 12.0 Å². The summed E-state index contributed by atoms with van der Waals surface area (Å²) in [4.78, 5) is 23.1. The third-order valence-electron chi connectivity index (χ3n) is 3.66. The van der Waals surface area contributed by atoms with Crippen LogP contribution in [0.5, 0.6) is 0 Å². The fourth-order valence-corrected chi connectivity index (χ4v) is 2.52. The number of aromatic amines is 1. The van der Waals surface area contributed by atoms with Crippen LogP contribution in [-0.2, 0) is 11.8 Å². The van der Waals surface area contributed by atoms with Crippen molar-refractivity contribution in [1.82, 2.24) is 19.5 Å². The first-order chi connectivity index (χ1) is 12.0. The molecule has 0 aliphatic heterocycles. The molecule has 2 aromatic heterocycles. The highest BCUT2D eigenvalue weighted by atomic mass is 16.5. The summed E-state index contributed by atoms with van der Waals surface area (Å²) in [5, 5.41) is 3.06. The number of carbonyl (C=O) groups is 1. The molecule has 1 N–H and O–H groups in total. The number of para-hydroxylation sites is 2. The standard InChI is InChI=1S/C17H20N6O2/c1-5-25-16(24)12-10-19-23(15(12)18-11-21(2)3)17-20-13-8-6-7-9-14(13)22(17)4/h6-11H,5H2,1-4H3/p+1. The Labute approximate surface area is 145 Å². The van der Waals surface area contributed by atoms with Crippen molar-refractivity contribution >= 4 is 29.2 Å². The molecule has 0 aliphatic carbocycles. The van der Waals surface area contributed by atoms with E-state index in [0.717, 1.165) is 11.0 Å². The van der Waals surface area contributed by atoms with Gasteiger partial charge in [-0.05, 0) is 19.1 Å². The number of H-pyrrole nitrogens is 1. The molecule has 130 valence electrons. The molecule has 0 radical (unpaired) electrons. The van der Waals surface area contributed by atoms with Crippen LogP contribution in [0.2, 0.25) is 0 Å². The average molecular weight is 341 g/mol. The van der Waals surface area contributed by atoms with Gasteiger partial charge < -0.3 is 9.64 Å². The third-order valence-corrected chi connectivity index (χ3v) is 3.66. The molecular formula is C17H21N6O2+. The van der Waals surface area contributed by atoms with Crippen LogP contribution in [0.4, 0.5) is 5.82 Å². The zero-order chi connectivity index (χ0) is 18.0. The minimum Gasteiger partial charge on any atom is -0.462 e. The van der Waals surface area contributed by atoms with Gasteiger partial charge in [-0.25, -0.2) is 9.36 Å². The number of hydrogen-bond acceptors (Lipinski definition) is 4. The number of fused-ring (bicyclic) bond motifs is 1. The first kappa shape index (κ1) is 16.7. The van der Waals surface area contributed by atoms with Crippen molar-refractivity contribution in [2.75, 3.05) is 20.7 Å². The summed E-state index contributed by atoms with van der Waals surface area (Å²) >= 11 is 0. The third kappa shape index (κ3) is 3.10. The number of esters is 1. The van der Waals surface area contributed by atoms with Crippen molar-refractivity contribution in [3.05, 3.63) is 36.0 Å². The van der Waals surface area contributed by atoms with Crippen molar-refractivity contribution in [3.63, 3.8) is 0 Å². The van der Waals surface area contributed by atoms with Gasteiger partial charge in [0.05, 0.1) is 6.61 Å². The van der Waals surface area contributed by atoms with Gasteiger partial charge in [-0.3, -0.25) is 5.10 Å². The number of carbonyl (C=O) groups excluding carboxylic acids is 1. The van der Waals surface area contributed by atoms with E-state index in [4.69, 9.17) is 4.74 Å². The first-order valence-corrected chi connectivity index (χ1v) is 7.96. The maximum Gasteiger partial charge on any atom is 0.377 e. The highest BCUT2D eigenvalue weighted by Gasteiger charge is 2.27. The lowest BCUT2D eigenvalue weighted by molar-refractivity contribution is -0.650. The molecule has 0 unspecified atom stereocenters. The molecule has 0 fully saturated rings. The molecule has 8 nitrogen and oxygen atoms in total.